The molecule has 1 aliphatic rings. The number of imide groups is 1. The van der Waals surface area contributed by atoms with Crippen molar-refractivity contribution in [3.8, 4) is 0 Å². The predicted molar refractivity (Wildman–Crippen MR) is 122 cm³/mol. The van der Waals surface area contributed by atoms with Crippen molar-refractivity contribution in [1.82, 2.24) is 13.9 Å². The van der Waals surface area contributed by atoms with Crippen LogP contribution in [0.4, 0.5) is 4.79 Å². The molecule has 1 atom stereocenters. The molecule has 8 nitrogen and oxygen atoms in total. The molecule has 2 amide bonds. The molecule has 3 aromatic rings. The van der Waals surface area contributed by atoms with Crippen LogP contribution < -0.4 is 0 Å². The summed E-state index contributed by atoms with van der Waals surface area (Å²) < 4.78 is 32.4. The number of nitrogens with zero attached hydrogens (tertiary/aromatic N) is 3. The van der Waals surface area contributed by atoms with E-state index in [1.54, 1.807) is 13.8 Å². The minimum atomic E-state index is -3.85. The summed E-state index contributed by atoms with van der Waals surface area (Å²) in [6.45, 7) is 5.49. The number of ether oxygens (including phenoxy) is 1. The first-order valence-corrected chi connectivity index (χ1v) is 11.7. The second-order valence-corrected chi connectivity index (χ2v) is 9.69. The number of aromatic nitrogens is 2. The normalized spacial score (nSPS) is 16.4. The van der Waals surface area contributed by atoms with E-state index in [0.29, 0.717) is 11.1 Å². The van der Waals surface area contributed by atoms with Crippen LogP contribution in [0.25, 0.3) is 6.08 Å². The van der Waals surface area contributed by atoms with Crippen LogP contribution in [0.2, 0.25) is 0 Å². The fourth-order valence-electron chi connectivity index (χ4n) is 4.04. The third-order valence-corrected chi connectivity index (χ3v) is 7.33. The maximum Gasteiger partial charge on any atom is 0.417 e. The van der Waals surface area contributed by atoms with Gasteiger partial charge < -0.3 is 4.74 Å². The molecule has 0 saturated carbocycles. The number of benzene rings is 2. The van der Waals surface area contributed by atoms with E-state index < -0.39 is 28.1 Å². The Hall–Kier alpha value is -3.72. The number of carbonyl (C=O) groups excluding carboxylic acids is 2. The Morgan fingerprint density at radius 3 is 2.45 bits per heavy atom. The van der Waals surface area contributed by atoms with Gasteiger partial charge in [-0.15, -0.1) is 0 Å². The summed E-state index contributed by atoms with van der Waals surface area (Å²) >= 11 is 0. The summed E-state index contributed by atoms with van der Waals surface area (Å²) in [6.07, 6.45) is 4.35. The number of hydrogen-bond donors (Lipinski definition) is 0. The van der Waals surface area contributed by atoms with Crippen molar-refractivity contribution in [3.05, 3.63) is 89.0 Å². The van der Waals surface area contributed by atoms with Gasteiger partial charge in [0.05, 0.1) is 10.6 Å². The van der Waals surface area contributed by atoms with Gasteiger partial charge in [-0.25, -0.2) is 27.1 Å². The second kappa shape index (κ2) is 8.67. The third-order valence-electron chi connectivity index (χ3n) is 5.41. The van der Waals surface area contributed by atoms with E-state index in [4.69, 9.17) is 4.74 Å². The van der Waals surface area contributed by atoms with Crippen molar-refractivity contribution in [2.24, 2.45) is 0 Å². The van der Waals surface area contributed by atoms with Gasteiger partial charge in [-0.05, 0) is 43.5 Å². The highest BCUT2D eigenvalue weighted by atomic mass is 32.2. The number of carbonyl (C=O) groups is 2. The lowest BCUT2D eigenvalue weighted by atomic mass is 10.1. The number of aryl methyl sites for hydroxylation is 3. The van der Waals surface area contributed by atoms with Crippen molar-refractivity contribution < 1.29 is 22.7 Å². The van der Waals surface area contributed by atoms with Crippen LogP contribution >= 0.6 is 0 Å². The Morgan fingerprint density at radius 1 is 1.12 bits per heavy atom. The van der Waals surface area contributed by atoms with Gasteiger partial charge in [0.1, 0.15) is 19.0 Å². The number of hydrogen-bond acceptors (Lipinski definition) is 6. The van der Waals surface area contributed by atoms with Crippen LogP contribution in [-0.2, 0) is 19.6 Å². The van der Waals surface area contributed by atoms with Gasteiger partial charge in [0.15, 0.2) is 0 Å². The van der Waals surface area contributed by atoms with Crippen molar-refractivity contribution >= 4 is 28.1 Å². The van der Waals surface area contributed by atoms with Crippen LogP contribution in [0.15, 0.2) is 66.0 Å². The van der Waals surface area contributed by atoms with Crippen LogP contribution in [0.3, 0.4) is 0 Å². The highest BCUT2D eigenvalue weighted by molar-refractivity contribution is 7.90. The molecule has 9 heteroatoms. The fraction of sp³-hybridized carbons (Fsp3) is 0.208. The highest BCUT2D eigenvalue weighted by Crippen LogP contribution is 2.28. The Balaban J connectivity index is 1.57. The van der Waals surface area contributed by atoms with Crippen LogP contribution in [0.5, 0.6) is 0 Å². The molecule has 0 spiro atoms. The zero-order valence-electron chi connectivity index (χ0n) is 18.4. The molecule has 4 rings (SSSR count). The van der Waals surface area contributed by atoms with Gasteiger partial charge in [-0.2, -0.15) is 0 Å². The number of cyclic esters (lactones) is 1. The molecular formula is C24H23N3O5S. The van der Waals surface area contributed by atoms with Gasteiger partial charge in [0.2, 0.25) is 0 Å². The molecule has 0 bridgehead atoms. The molecule has 0 N–H and O–H groups in total. The van der Waals surface area contributed by atoms with E-state index in [2.05, 4.69) is 4.98 Å². The monoisotopic (exact) mass is 465 g/mol. The molecule has 2 heterocycles. The maximum atomic E-state index is 13.2. The molecule has 0 aliphatic carbocycles. The third kappa shape index (κ3) is 4.31. The van der Waals surface area contributed by atoms with Gasteiger partial charge in [0, 0.05) is 12.3 Å². The molecule has 0 radical (unpaired) electrons. The molecule has 0 unspecified atom stereocenters. The van der Waals surface area contributed by atoms with E-state index in [1.807, 2.05) is 49.4 Å². The summed E-state index contributed by atoms with van der Waals surface area (Å²) in [6, 6.07) is 12.2. The molecule has 1 aromatic heterocycles. The van der Waals surface area contributed by atoms with Gasteiger partial charge >= 0.3 is 6.09 Å². The van der Waals surface area contributed by atoms with Crippen molar-refractivity contribution in [1.29, 1.82) is 0 Å². The highest BCUT2D eigenvalue weighted by Gasteiger charge is 2.37. The van der Waals surface area contributed by atoms with E-state index in [-0.39, 0.29) is 17.2 Å². The lowest BCUT2D eigenvalue weighted by Crippen LogP contribution is -2.32. The first-order chi connectivity index (χ1) is 15.7. The molecular weight excluding hydrogens is 442 g/mol. The van der Waals surface area contributed by atoms with E-state index in [1.165, 1.54) is 24.7 Å². The molecule has 33 heavy (non-hydrogen) atoms. The summed E-state index contributed by atoms with van der Waals surface area (Å²) in [5.41, 5.74) is 3.31. The summed E-state index contributed by atoms with van der Waals surface area (Å²) in [5.74, 6) is -0.575. The molecule has 1 aliphatic heterocycles. The zero-order valence-corrected chi connectivity index (χ0v) is 19.2. The van der Waals surface area contributed by atoms with Gasteiger partial charge in [-0.3, -0.25) is 4.79 Å². The zero-order chi connectivity index (χ0) is 23.8. The molecule has 1 fully saturated rings. The molecule has 1 saturated heterocycles. The summed E-state index contributed by atoms with van der Waals surface area (Å²) in [4.78, 5) is 30.2. The topological polar surface area (TPSA) is 98.6 Å². The van der Waals surface area contributed by atoms with Crippen molar-refractivity contribution in [2.45, 2.75) is 31.7 Å². The predicted octanol–water partition coefficient (Wildman–Crippen LogP) is 3.78. The number of rotatable bonds is 5. The lowest BCUT2D eigenvalue weighted by molar-refractivity contribution is -0.124. The minimum absolute atomic E-state index is 0.0740. The standard InChI is InChI=1S/C24H23N3O5S/c1-16-11-17(2)23(18(3)12-16)33(30,31)26-13-20(25-15-26)9-10-22(28)27-21(14-32-24(27)29)19-7-5-4-6-8-19/h4-13,15,21H,14H2,1-3H3/b10-9+/t21-/m1/s1. The van der Waals surface area contributed by atoms with Crippen LogP contribution in [0.1, 0.15) is 34.0 Å². The summed E-state index contributed by atoms with van der Waals surface area (Å²) in [7, 11) is -3.85. The maximum absolute atomic E-state index is 13.2. The summed E-state index contributed by atoms with van der Waals surface area (Å²) in [5, 5.41) is 0. The van der Waals surface area contributed by atoms with E-state index >= 15 is 0 Å². The second-order valence-electron chi connectivity index (χ2n) is 7.91. The van der Waals surface area contributed by atoms with Gasteiger partial charge in [0.25, 0.3) is 15.9 Å². The Morgan fingerprint density at radius 2 is 1.79 bits per heavy atom. The lowest BCUT2D eigenvalue weighted by Gasteiger charge is -2.18. The quantitative estimate of drug-likeness (QED) is 0.532. The van der Waals surface area contributed by atoms with Crippen molar-refractivity contribution in [3.63, 3.8) is 0 Å². The Bertz CT molecular complexity index is 1340. The smallest absolute Gasteiger partial charge is 0.417 e. The Labute approximate surface area is 192 Å². The average molecular weight is 466 g/mol. The number of amides is 2. The van der Waals surface area contributed by atoms with Gasteiger partial charge in [-0.1, -0.05) is 48.0 Å². The molecule has 170 valence electrons. The van der Waals surface area contributed by atoms with Crippen LogP contribution in [-0.4, -0.2) is 40.9 Å². The van der Waals surface area contributed by atoms with E-state index in [0.717, 1.165) is 20.0 Å². The Kier molecular flexibility index (Phi) is 5.90. The fourth-order valence-corrected chi connectivity index (χ4v) is 5.60. The minimum Gasteiger partial charge on any atom is -0.446 e. The molecule has 2 aromatic carbocycles. The first kappa shape index (κ1) is 22.5. The van der Waals surface area contributed by atoms with Crippen LogP contribution in [0, 0.1) is 20.8 Å². The first-order valence-electron chi connectivity index (χ1n) is 10.3. The SMILES string of the molecule is Cc1cc(C)c(S(=O)(=O)n2cnc(/C=C/C(=O)N3C(=O)OC[C@@H]3c3ccccc3)c2)c(C)c1. The van der Waals surface area contributed by atoms with E-state index in [9.17, 15) is 18.0 Å². The van der Waals surface area contributed by atoms with Crippen molar-refractivity contribution in [2.75, 3.05) is 6.61 Å². The number of imidazole rings is 1. The average Bonchev–Trinajstić information content (AvgIpc) is 3.39. The largest absolute Gasteiger partial charge is 0.446 e.